The van der Waals surface area contributed by atoms with Crippen molar-refractivity contribution in [1.82, 2.24) is 0 Å². The molecule has 0 fully saturated rings. The molecular weight excluding hydrogens is 294 g/mol. The zero-order valence-corrected chi connectivity index (χ0v) is 12.0. The molecule has 0 unspecified atom stereocenters. The molecule has 106 valence electrons. The number of halogens is 1. The van der Waals surface area contributed by atoms with E-state index in [0.29, 0.717) is 16.3 Å². The van der Waals surface area contributed by atoms with Crippen LogP contribution in [-0.4, -0.2) is 20.8 Å². The van der Waals surface area contributed by atoms with Crippen LogP contribution in [0.25, 0.3) is 0 Å². The first kappa shape index (κ1) is 14.5. The standard InChI is InChI=1S/C11H14ClNO5S/c1-11(2)17-9(6-16-19(13,14)15)7-4-3-5-8(12)10(7)18-11/h3-5,9H,6H2,1-2H3,(H2,13,14,15)/t9-/m0/s1. The molecule has 0 amide bonds. The summed E-state index contributed by atoms with van der Waals surface area (Å²) < 4.78 is 37.5. The van der Waals surface area contributed by atoms with Crippen LogP contribution in [0.15, 0.2) is 18.2 Å². The number of nitrogens with two attached hydrogens (primary N) is 1. The molecule has 1 atom stereocenters. The molecule has 0 saturated heterocycles. The van der Waals surface area contributed by atoms with E-state index in [-0.39, 0.29) is 6.61 Å². The topological polar surface area (TPSA) is 87.9 Å². The Kier molecular flexibility index (Phi) is 3.76. The monoisotopic (exact) mass is 307 g/mol. The van der Waals surface area contributed by atoms with Crippen LogP contribution in [0.3, 0.4) is 0 Å². The van der Waals surface area contributed by atoms with E-state index in [4.69, 9.17) is 26.2 Å². The van der Waals surface area contributed by atoms with E-state index in [1.54, 1.807) is 32.0 Å². The molecule has 0 spiro atoms. The number of benzene rings is 1. The van der Waals surface area contributed by atoms with E-state index in [0.717, 1.165) is 0 Å². The third-order valence-electron chi connectivity index (χ3n) is 2.50. The maximum Gasteiger partial charge on any atom is 0.333 e. The van der Waals surface area contributed by atoms with Crippen LogP contribution in [0.1, 0.15) is 25.5 Å². The lowest BCUT2D eigenvalue weighted by Crippen LogP contribution is -2.39. The van der Waals surface area contributed by atoms with Crippen LogP contribution >= 0.6 is 11.6 Å². The lowest BCUT2D eigenvalue weighted by molar-refractivity contribution is -0.212. The van der Waals surface area contributed by atoms with E-state index in [1.807, 2.05) is 0 Å². The molecule has 0 saturated carbocycles. The molecule has 2 N–H and O–H groups in total. The molecule has 0 aromatic heterocycles. The summed E-state index contributed by atoms with van der Waals surface area (Å²) in [6.07, 6.45) is -0.629. The van der Waals surface area contributed by atoms with Gasteiger partial charge in [-0.2, -0.15) is 8.42 Å². The zero-order valence-electron chi connectivity index (χ0n) is 10.4. The number of para-hydroxylation sites is 1. The normalized spacial score (nSPS) is 21.6. The van der Waals surface area contributed by atoms with Gasteiger partial charge >= 0.3 is 10.3 Å². The smallest absolute Gasteiger partial charge is 0.333 e. The largest absolute Gasteiger partial charge is 0.461 e. The highest BCUT2D eigenvalue weighted by Crippen LogP contribution is 2.42. The molecule has 8 heteroatoms. The molecule has 1 heterocycles. The first-order chi connectivity index (χ1) is 8.68. The Balaban J connectivity index is 2.32. The fourth-order valence-electron chi connectivity index (χ4n) is 1.84. The average Bonchev–Trinajstić information content (AvgIpc) is 2.25. The van der Waals surface area contributed by atoms with Crippen molar-refractivity contribution in [2.24, 2.45) is 5.14 Å². The summed E-state index contributed by atoms with van der Waals surface area (Å²) in [6.45, 7) is 3.16. The number of ether oxygens (including phenoxy) is 2. The van der Waals surface area contributed by atoms with Gasteiger partial charge in [0.2, 0.25) is 5.79 Å². The van der Waals surface area contributed by atoms with Crippen molar-refractivity contribution < 1.29 is 22.1 Å². The lowest BCUT2D eigenvalue weighted by atomic mass is 10.1. The van der Waals surface area contributed by atoms with Gasteiger partial charge in [-0.15, -0.1) is 0 Å². The Morgan fingerprint density at radius 3 is 2.79 bits per heavy atom. The minimum absolute atomic E-state index is 0.237. The highest BCUT2D eigenvalue weighted by atomic mass is 35.5. The summed E-state index contributed by atoms with van der Waals surface area (Å²) in [6, 6.07) is 5.13. The van der Waals surface area contributed by atoms with Crippen molar-refractivity contribution in [3.05, 3.63) is 28.8 Å². The molecule has 1 aliphatic heterocycles. The predicted molar refractivity (Wildman–Crippen MR) is 69.0 cm³/mol. The molecule has 1 aliphatic rings. The number of fused-ring (bicyclic) bond motifs is 1. The average molecular weight is 308 g/mol. The molecular formula is C11H14ClNO5S. The molecule has 0 aliphatic carbocycles. The highest BCUT2D eigenvalue weighted by molar-refractivity contribution is 7.84. The van der Waals surface area contributed by atoms with Gasteiger partial charge in [0, 0.05) is 19.4 Å². The summed E-state index contributed by atoms with van der Waals surface area (Å²) in [4.78, 5) is 0. The Labute approximate surface area is 116 Å². The first-order valence-corrected chi connectivity index (χ1v) is 7.35. The van der Waals surface area contributed by atoms with Crippen molar-refractivity contribution in [2.45, 2.75) is 25.7 Å². The summed E-state index contributed by atoms with van der Waals surface area (Å²) in [7, 11) is -4.03. The Morgan fingerprint density at radius 2 is 2.16 bits per heavy atom. The van der Waals surface area contributed by atoms with Gasteiger partial charge in [0.25, 0.3) is 0 Å². The van der Waals surface area contributed by atoms with Gasteiger partial charge in [-0.05, 0) is 6.07 Å². The van der Waals surface area contributed by atoms with Crippen LogP contribution in [0.4, 0.5) is 0 Å². The molecule has 0 bridgehead atoms. The second-order valence-electron chi connectivity index (χ2n) is 4.54. The highest BCUT2D eigenvalue weighted by Gasteiger charge is 2.36. The van der Waals surface area contributed by atoms with Gasteiger partial charge in [0.05, 0.1) is 11.6 Å². The van der Waals surface area contributed by atoms with Crippen molar-refractivity contribution in [2.75, 3.05) is 6.61 Å². The summed E-state index contributed by atoms with van der Waals surface area (Å²) >= 11 is 6.06. The predicted octanol–water partition coefficient (Wildman–Crippen LogP) is 1.75. The van der Waals surface area contributed by atoms with Crippen LogP contribution < -0.4 is 9.88 Å². The molecule has 1 aromatic rings. The number of rotatable bonds is 3. The van der Waals surface area contributed by atoms with E-state index < -0.39 is 22.2 Å². The second kappa shape index (κ2) is 4.92. The van der Waals surface area contributed by atoms with Crippen LogP contribution in [-0.2, 0) is 19.2 Å². The second-order valence-corrected chi connectivity index (χ2v) is 6.17. The molecule has 1 aromatic carbocycles. The van der Waals surface area contributed by atoms with Crippen molar-refractivity contribution in [3.8, 4) is 5.75 Å². The fourth-order valence-corrected chi connectivity index (χ4v) is 2.38. The molecule has 0 radical (unpaired) electrons. The molecule has 19 heavy (non-hydrogen) atoms. The van der Waals surface area contributed by atoms with Gasteiger partial charge in [0.1, 0.15) is 11.9 Å². The van der Waals surface area contributed by atoms with Gasteiger partial charge in [-0.25, -0.2) is 5.14 Å². The van der Waals surface area contributed by atoms with Crippen molar-refractivity contribution in [1.29, 1.82) is 0 Å². The van der Waals surface area contributed by atoms with Gasteiger partial charge < -0.3 is 9.47 Å². The number of hydrogen-bond acceptors (Lipinski definition) is 5. The van der Waals surface area contributed by atoms with E-state index in [2.05, 4.69) is 4.18 Å². The fraction of sp³-hybridized carbons (Fsp3) is 0.455. The summed E-state index contributed by atoms with van der Waals surface area (Å²) in [5.41, 5.74) is 0.621. The van der Waals surface area contributed by atoms with Gasteiger partial charge in [-0.3, -0.25) is 4.18 Å². The quantitative estimate of drug-likeness (QED) is 0.919. The van der Waals surface area contributed by atoms with Gasteiger partial charge in [-0.1, -0.05) is 23.7 Å². The van der Waals surface area contributed by atoms with E-state index >= 15 is 0 Å². The van der Waals surface area contributed by atoms with E-state index in [9.17, 15) is 8.42 Å². The summed E-state index contributed by atoms with van der Waals surface area (Å²) in [5, 5.41) is 5.23. The Hall–Kier alpha value is -0.860. The lowest BCUT2D eigenvalue weighted by Gasteiger charge is -2.37. The minimum Gasteiger partial charge on any atom is -0.461 e. The minimum atomic E-state index is -4.03. The molecule has 2 rings (SSSR count). The molecule has 6 nitrogen and oxygen atoms in total. The van der Waals surface area contributed by atoms with Crippen molar-refractivity contribution >= 4 is 21.9 Å². The zero-order chi connectivity index (χ0) is 14.3. The number of hydrogen-bond donors (Lipinski definition) is 1. The third kappa shape index (κ3) is 3.58. The third-order valence-corrected chi connectivity index (χ3v) is 3.26. The van der Waals surface area contributed by atoms with Crippen molar-refractivity contribution in [3.63, 3.8) is 0 Å². The maximum absolute atomic E-state index is 10.9. The van der Waals surface area contributed by atoms with Crippen LogP contribution in [0.2, 0.25) is 5.02 Å². The van der Waals surface area contributed by atoms with E-state index in [1.165, 1.54) is 0 Å². The Morgan fingerprint density at radius 1 is 1.47 bits per heavy atom. The summed E-state index contributed by atoms with van der Waals surface area (Å²) in [5.74, 6) is -0.479. The SMILES string of the molecule is CC1(C)Oc2c(Cl)cccc2[C@H](COS(N)(=O)=O)O1. The maximum atomic E-state index is 10.9. The van der Waals surface area contributed by atoms with Crippen LogP contribution in [0, 0.1) is 0 Å². The van der Waals surface area contributed by atoms with Crippen LogP contribution in [0.5, 0.6) is 5.75 Å². The first-order valence-electron chi connectivity index (χ1n) is 5.50. The van der Waals surface area contributed by atoms with Gasteiger partial charge in [0.15, 0.2) is 0 Å². The Bertz CT molecular complexity index is 587.